The molecule has 2 heterocycles. The van der Waals surface area contributed by atoms with Gasteiger partial charge in [0.15, 0.2) is 0 Å². The molecular weight excluding hydrogens is 266 g/mol. The second kappa shape index (κ2) is 4.95. The number of pyridine rings is 1. The molecule has 2 rings (SSSR count). The van der Waals surface area contributed by atoms with Crippen LogP contribution in [0.4, 0.5) is 11.5 Å². The third kappa shape index (κ3) is 2.36. The van der Waals surface area contributed by atoms with E-state index in [1.165, 1.54) is 19.2 Å². The zero-order chi connectivity index (χ0) is 14.9. The number of carboxylic acid groups (broad SMARTS) is 1. The van der Waals surface area contributed by atoms with E-state index in [9.17, 15) is 20.0 Å². The molecule has 0 aromatic carbocycles. The standard InChI is InChI=1S/C12H15N3O5/c1-12(11(16)17)5-6-14(7-12)10-8(15(18)19)3-4-9(13-10)20-2/h3-4H,5-7H2,1-2H3,(H,16,17). The Labute approximate surface area is 115 Å². The molecule has 1 aliphatic heterocycles. The summed E-state index contributed by atoms with van der Waals surface area (Å²) >= 11 is 0. The quantitative estimate of drug-likeness (QED) is 0.654. The second-order valence-corrected chi connectivity index (χ2v) is 4.99. The van der Waals surface area contributed by atoms with Crippen LogP contribution in [0.25, 0.3) is 0 Å². The summed E-state index contributed by atoms with van der Waals surface area (Å²) in [5.41, 5.74) is -1.07. The van der Waals surface area contributed by atoms with Gasteiger partial charge >= 0.3 is 11.7 Å². The predicted octanol–water partition coefficient (Wildman–Crippen LogP) is 1.30. The van der Waals surface area contributed by atoms with E-state index in [1.54, 1.807) is 11.8 Å². The zero-order valence-corrected chi connectivity index (χ0v) is 11.2. The predicted molar refractivity (Wildman–Crippen MR) is 70.0 cm³/mol. The third-order valence-electron chi connectivity index (χ3n) is 3.52. The van der Waals surface area contributed by atoms with Gasteiger partial charge in [-0.3, -0.25) is 14.9 Å². The number of carboxylic acids is 1. The van der Waals surface area contributed by atoms with Crippen LogP contribution < -0.4 is 9.64 Å². The van der Waals surface area contributed by atoms with Crippen LogP contribution in [0, 0.1) is 15.5 Å². The normalized spacial score (nSPS) is 21.8. The van der Waals surface area contributed by atoms with Gasteiger partial charge in [0.1, 0.15) is 0 Å². The molecule has 0 saturated carbocycles. The first-order valence-electron chi connectivity index (χ1n) is 6.05. The first kappa shape index (κ1) is 14.0. The van der Waals surface area contributed by atoms with E-state index in [2.05, 4.69) is 4.98 Å². The van der Waals surface area contributed by atoms with Crippen molar-refractivity contribution >= 4 is 17.5 Å². The molecule has 1 atom stereocenters. The van der Waals surface area contributed by atoms with Crippen LogP contribution in [0.5, 0.6) is 5.88 Å². The summed E-state index contributed by atoms with van der Waals surface area (Å²) in [6, 6.07) is 2.73. The Balaban J connectivity index is 2.37. The number of hydrogen-bond acceptors (Lipinski definition) is 6. The number of nitrogens with zero attached hydrogens (tertiary/aromatic N) is 3. The van der Waals surface area contributed by atoms with Gasteiger partial charge < -0.3 is 14.7 Å². The van der Waals surface area contributed by atoms with Crippen molar-refractivity contribution in [1.29, 1.82) is 0 Å². The fraction of sp³-hybridized carbons (Fsp3) is 0.500. The van der Waals surface area contributed by atoms with Crippen LogP contribution in [-0.2, 0) is 4.79 Å². The molecule has 1 fully saturated rings. The monoisotopic (exact) mass is 281 g/mol. The van der Waals surface area contributed by atoms with Crippen molar-refractivity contribution in [2.24, 2.45) is 5.41 Å². The van der Waals surface area contributed by atoms with Gasteiger partial charge in [-0.15, -0.1) is 0 Å². The molecule has 8 nitrogen and oxygen atoms in total. The van der Waals surface area contributed by atoms with Crippen molar-refractivity contribution in [2.75, 3.05) is 25.1 Å². The number of carbonyl (C=O) groups is 1. The van der Waals surface area contributed by atoms with E-state index in [-0.39, 0.29) is 23.9 Å². The van der Waals surface area contributed by atoms with Crippen LogP contribution in [0.2, 0.25) is 0 Å². The van der Waals surface area contributed by atoms with E-state index in [0.29, 0.717) is 13.0 Å². The summed E-state index contributed by atoms with van der Waals surface area (Å²) in [7, 11) is 1.42. The van der Waals surface area contributed by atoms with Crippen molar-refractivity contribution in [3.05, 3.63) is 22.2 Å². The highest BCUT2D eigenvalue weighted by atomic mass is 16.6. The van der Waals surface area contributed by atoms with Gasteiger partial charge in [0.25, 0.3) is 0 Å². The van der Waals surface area contributed by atoms with Crippen molar-refractivity contribution in [2.45, 2.75) is 13.3 Å². The Morgan fingerprint density at radius 1 is 1.60 bits per heavy atom. The molecule has 108 valence electrons. The minimum Gasteiger partial charge on any atom is -0.481 e. The van der Waals surface area contributed by atoms with Crippen molar-refractivity contribution in [3.8, 4) is 5.88 Å². The van der Waals surface area contributed by atoms with Crippen LogP contribution in [-0.4, -0.2) is 41.2 Å². The molecule has 0 spiro atoms. The van der Waals surface area contributed by atoms with Crippen molar-refractivity contribution in [1.82, 2.24) is 4.98 Å². The van der Waals surface area contributed by atoms with Gasteiger partial charge in [0.2, 0.25) is 11.7 Å². The Hall–Kier alpha value is -2.38. The number of anilines is 1. The smallest absolute Gasteiger partial charge is 0.311 e. The van der Waals surface area contributed by atoms with E-state index in [1.807, 2.05) is 0 Å². The number of nitro groups is 1. The van der Waals surface area contributed by atoms with Gasteiger partial charge in [-0.1, -0.05) is 0 Å². The zero-order valence-electron chi connectivity index (χ0n) is 11.2. The molecule has 8 heteroatoms. The largest absolute Gasteiger partial charge is 0.481 e. The van der Waals surface area contributed by atoms with E-state index in [0.717, 1.165) is 0 Å². The molecule has 1 saturated heterocycles. The lowest BCUT2D eigenvalue weighted by atomic mass is 9.90. The molecule has 1 aromatic rings. The van der Waals surface area contributed by atoms with E-state index < -0.39 is 16.3 Å². The average Bonchev–Trinajstić information content (AvgIpc) is 2.82. The fourth-order valence-corrected chi connectivity index (χ4v) is 2.23. The van der Waals surface area contributed by atoms with Crippen molar-refractivity contribution in [3.63, 3.8) is 0 Å². The summed E-state index contributed by atoms with van der Waals surface area (Å²) in [5.74, 6) is -0.501. The fourth-order valence-electron chi connectivity index (χ4n) is 2.23. The summed E-state index contributed by atoms with van der Waals surface area (Å²) < 4.78 is 4.97. The van der Waals surface area contributed by atoms with Crippen LogP contribution in [0.3, 0.4) is 0 Å². The maximum absolute atomic E-state index is 11.2. The highest BCUT2D eigenvalue weighted by molar-refractivity contribution is 5.76. The van der Waals surface area contributed by atoms with Crippen LogP contribution in [0.1, 0.15) is 13.3 Å². The maximum Gasteiger partial charge on any atom is 0.311 e. The molecular formula is C12H15N3O5. The average molecular weight is 281 g/mol. The van der Waals surface area contributed by atoms with Gasteiger partial charge in [-0.05, 0) is 13.3 Å². The Morgan fingerprint density at radius 2 is 2.30 bits per heavy atom. The van der Waals surface area contributed by atoms with Crippen LogP contribution >= 0.6 is 0 Å². The number of methoxy groups -OCH3 is 1. The van der Waals surface area contributed by atoms with Gasteiger partial charge in [0.05, 0.1) is 17.4 Å². The first-order chi connectivity index (χ1) is 9.37. The van der Waals surface area contributed by atoms with E-state index >= 15 is 0 Å². The molecule has 1 N–H and O–H groups in total. The topological polar surface area (TPSA) is 106 Å². The van der Waals surface area contributed by atoms with Gasteiger partial charge in [-0.2, -0.15) is 4.98 Å². The van der Waals surface area contributed by atoms with E-state index in [4.69, 9.17) is 4.74 Å². The van der Waals surface area contributed by atoms with Crippen LogP contribution in [0.15, 0.2) is 12.1 Å². The van der Waals surface area contributed by atoms with Crippen molar-refractivity contribution < 1.29 is 19.6 Å². The number of ether oxygens (including phenoxy) is 1. The second-order valence-electron chi connectivity index (χ2n) is 4.99. The van der Waals surface area contributed by atoms with Gasteiger partial charge in [-0.25, -0.2) is 0 Å². The molecule has 0 amide bonds. The molecule has 1 aromatic heterocycles. The highest BCUT2D eigenvalue weighted by Crippen LogP contribution is 2.37. The number of rotatable bonds is 4. The number of aromatic nitrogens is 1. The number of aliphatic carboxylic acids is 1. The third-order valence-corrected chi connectivity index (χ3v) is 3.52. The lowest BCUT2D eigenvalue weighted by molar-refractivity contribution is -0.384. The lowest BCUT2D eigenvalue weighted by Gasteiger charge is -2.20. The number of hydrogen-bond donors (Lipinski definition) is 1. The molecule has 20 heavy (non-hydrogen) atoms. The molecule has 0 radical (unpaired) electrons. The van der Waals surface area contributed by atoms with Gasteiger partial charge in [0, 0.05) is 25.2 Å². The molecule has 1 aliphatic rings. The summed E-state index contributed by atoms with van der Waals surface area (Å²) in [6.07, 6.45) is 0.415. The first-order valence-corrected chi connectivity index (χ1v) is 6.05. The maximum atomic E-state index is 11.2. The minimum atomic E-state index is -0.918. The molecule has 0 aliphatic carbocycles. The summed E-state index contributed by atoms with van der Waals surface area (Å²) in [4.78, 5) is 27.5. The molecule has 0 bridgehead atoms. The Kier molecular flexibility index (Phi) is 3.47. The lowest BCUT2D eigenvalue weighted by Crippen LogP contribution is -2.32. The Morgan fingerprint density at radius 3 is 2.80 bits per heavy atom. The highest BCUT2D eigenvalue weighted by Gasteiger charge is 2.42. The molecule has 1 unspecified atom stereocenters. The minimum absolute atomic E-state index is 0.152. The SMILES string of the molecule is COc1ccc([N+](=O)[O-])c(N2CCC(C)(C(=O)O)C2)n1. The summed E-state index contributed by atoms with van der Waals surface area (Å²) in [5, 5.41) is 20.3. The Bertz CT molecular complexity index is 562. The summed E-state index contributed by atoms with van der Waals surface area (Å²) in [6.45, 7) is 2.22.